The van der Waals surface area contributed by atoms with Crippen LogP contribution in [0.15, 0.2) is 18.2 Å². The zero-order valence-electron chi connectivity index (χ0n) is 13.1. The maximum Gasteiger partial charge on any atom is 0.0808 e. The molecule has 0 atom stereocenters. The van der Waals surface area contributed by atoms with Crippen LogP contribution in [0.2, 0.25) is 5.02 Å². The van der Waals surface area contributed by atoms with Gasteiger partial charge in [0.2, 0.25) is 0 Å². The molecule has 1 heterocycles. The van der Waals surface area contributed by atoms with E-state index in [2.05, 4.69) is 44.0 Å². The lowest BCUT2D eigenvalue weighted by Crippen LogP contribution is -2.57. The van der Waals surface area contributed by atoms with E-state index in [-0.39, 0.29) is 11.2 Å². The first-order chi connectivity index (χ1) is 9.22. The van der Waals surface area contributed by atoms with Crippen molar-refractivity contribution in [3.8, 4) is 0 Å². The first-order valence-corrected chi connectivity index (χ1v) is 7.48. The molecule has 0 amide bonds. The van der Waals surface area contributed by atoms with Crippen molar-refractivity contribution in [3.05, 3.63) is 28.8 Å². The van der Waals surface area contributed by atoms with Gasteiger partial charge in [0.15, 0.2) is 0 Å². The van der Waals surface area contributed by atoms with Gasteiger partial charge in [-0.25, -0.2) is 0 Å². The molecule has 0 spiro atoms. The van der Waals surface area contributed by atoms with Gasteiger partial charge in [-0.05, 0) is 58.5 Å². The SMILES string of the molecule is CNCc1cc(Cl)ccc1N1CC(C)(C)OC(C)(C)C1. The van der Waals surface area contributed by atoms with Gasteiger partial charge >= 0.3 is 0 Å². The minimum absolute atomic E-state index is 0.154. The zero-order valence-corrected chi connectivity index (χ0v) is 13.8. The molecule has 0 aliphatic carbocycles. The van der Waals surface area contributed by atoms with Crippen LogP contribution in [0.4, 0.5) is 5.69 Å². The topological polar surface area (TPSA) is 24.5 Å². The molecule has 0 bridgehead atoms. The summed E-state index contributed by atoms with van der Waals surface area (Å²) < 4.78 is 6.15. The number of nitrogens with zero attached hydrogens (tertiary/aromatic N) is 1. The van der Waals surface area contributed by atoms with Gasteiger partial charge in [0.05, 0.1) is 11.2 Å². The maximum absolute atomic E-state index is 6.15. The van der Waals surface area contributed by atoms with Crippen LogP contribution in [0.1, 0.15) is 33.3 Å². The predicted octanol–water partition coefficient (Wildman–Crippen LogP) is 3.45. The molecule has 1 aromatic carbocycles. The number of hydrogen-bond donors (Lipinski definition) is 1. The summed E-state index contributed by atoms with van der Waals surface area (Å²) in [7, 11) is 1.96. The van der Waals surface area contributed by atoms with Crippen molar-refractivity contribution >= 4 is 17.3 Å². The Morgan fingerprint density at radius 2 is 1.80 bits per heavy atom. The van der Waals surface area contributed by atoms with Gasteiger partial charge in [-0.1, -0.05) is 11.6 Å². The maximum atomic E-state index is 6.15. The highest BCUT2D eigenvalue weighted by Gasteiger charge is 2.38. The molecule has 0 aromatic heterocycles. The number of morpholine rings is 1. The largest absolute Gasteiger partial charge is 0.366 e. The van der Waals surface area contributed by atoms with Crippen molar-refractivity contribution < 1.29 is 4.74 Å². The quantitative estimate of drug-likeness (QED) is 0.924. The summed E-state index contributed by atoms with van der Waals surface area (Å²) in [6.07, 6.45) is 0. The number of benzene rings is 1. The van der Waals surface area contributed by atoms with E-state index in [1.165, 1.54) is 11.3 Å². The Bertz CT molecular complexity index is 469. The third-order valence-electron chi connectivity index (χ3n) is 3.45. The highest BCUT2D eigenvalue weighted by Crippen LogP contribution is 2.33. The third-order valence-corrected chi connectivity index (χ3v) is 3.68. The summed E-state index contributed by atoms with van der Waals surface area (Å²) >= 11 is 6.13. The first-order valence-electron chi connectivity index (χ1n) is 7.11. The van der Waals surface area contributed by atoms with Gasteiger partial charge in [-0.3, -0.25) is 0 Å². The molecule has 20 heavy (non-hydrogen) atoms. The van der Waals surface area contributed by atoms with E-state index in [1.807, 2.05) is 19.2 Å². The zero-order chi connectivity index (χ0) is 15.0. The van der Waals surface area contributed by atoms with E-state index in [0.717, 1.165) is 24.7 Å². The van der Waals surface area contributed by atoms with Crippen LogP contribution in [0.25, 0.3) is 0 Å². The summed E-state index contributed by atoms with van der Waals surface area (Å²) in [5, 5.41) is 4.00. The van der Waals surface area contributed by atoms with E-state index in [1.54, 1.807) is 0 Å². The minimum Gasteiger partial charge on any atom is -0.366 e. The summed E-state index contributed by atoms with van der Waals surface area (Å²) in [4.78, 5) is 2.41. The molecule has 0 radical (unpaired) electrons. The Labute approximate surface area is 127 Å². The van der Waals surface area contributed by atoms with Crippen LogP contribution in [0.3, 0.4) is 0 Å². The van der Waals surface area contributed by atoms with E-state index >= 15 is 0 Å². The second kappa shape index (κ2) is 5.55. The Hall–Kier alpha value is -0.770. The van der Waals surface area contributed by atoms with Gasteiger partial charge in [-0.2, -0.15) is 0 Å². The van der Waals surface area contributed by atoms with Crippen LogP contribution in [0.5, 0.6) is 0 Å². The molecular weight excluding hydrogens is 272 g/mol. The highest BCUT2D eigenvalue weighted by atomic mass is 35.5. The number of hydrogen-bond acceptors (Lipinski definition) is 3. The van der Waals surface area contributed by atoms with Crippen molar-refractivity contribution in [2.24, 2.45) is 0 Å². The molecule has 1 aliphatic heterocycles. The molecule has 1 aliphatic rings. The Morgan fingerprint density at radius 3 is 2.35 bits per heavy atom. The second-order valence-electron chi connectivity index (χ2n) is 6.78. The van der Waals surface area contributed by atoms with Gasteiger partial charge in [0, 0.05) is 30.3 Å². The summed E-state index contributed by atoms with van der Waals surface area (Å²) in [6.45, 7) is 11.2. The van der Waals surface area contributed by atoms with E-state index < -0.39 is 0 Å². The summed E-state index contributed by atoms with van der Waals surface area (Å²) in [6, 6.07) is 6.13. The van der Waals surface area contributed by atoms with E-state index in [9.17, 15) is 0 Å². The second-order valence-corrected chi connectivity index (χ2v) is 7.22. The van der Waals surface area contributed by atoms with Gasteiger partial charge in [0.1, 0.15) is 0 Å². The lowest BCUT2D eigenvalue weighted by molar-refractivity contribution is -0.133. The number of rotatable bonds is 3. The third kappa shape index (κ3) is 3.66. The molecule has 1 saturated heterocycles. The molecule has 0 saturated carbocycles. The van der Waals surface area contributed by atoms with Crippen LogP contribution in [-0.4, -0.2) is 31.3 Å². The van der Waals surface area contributed by atoms with Crippen LogP contribution in [0, 0.1) is 0 Å². The fourth-order valence-electron chi connectivity index (χ4n) is 3.15. The smallest absolute Gasteiger partial charge is 0.0808 e. The predicted molar refractivity (Wildman–Crippen MR) is 85.7 cm³/mol. The van der Waals surface area contributed by atoms with Crippen molar-refractivity contribution in [1.82, 2.24) is 5.32 Å². The van der Waals surface area contributed by atoms with E-state index in [4.69, 9.17) is 16.3 Å². The van der Waals surface area contributed by atoms with Crippen LogP contribution >= 0.6 is 11.6 Å². The average molecular weight is 297 g/mol. The van der Waals surface area contributed by atoms with Crippen molar-refractivity contribution in [3.63, 3.8) is 0 Å². The van der Waals surface area contributed by atoms with Crippen molar-refractivity contribution in [1.29, 1.82) is 0 Å². The molecule has 1 N–H and O–H groups in total. The highest BCUT2D eigenvalue weighted by molar-refractivity contribution is 6.30. The lowest BCUT2D eigenvalue weighted by Gasteiger charge is -2.48. The fourth-order valence-corrected chi connectivity index (χ4v) is 3.35. The summed E-state index contributed by atoms with van der Waals surface area (Å²) in [5.74, 6) is 0. The molecule has 112 valence electrons. The monoisotopic (exact) mass is 296 g/mol. The Kier molecular flexibility index (Phi) is 4.33. The minimum atomic E-state index is -0.154. The van der Waals surface area contributed by atoms with Gasteiger partial charge in [-0.15, -0.1) is 0 Å². The van der Waals surface area contributed by atoms with Crippen LogP contribution in [-0.2, 0) is 11.3 Å². The normalized spacial score (nSPS) is 21.0. The molecule has 3 nitrogen and oxygen atoms in total. The van der Waals surface area contributed by atoms with Crippen LogP contribution < -0.4 is 10.2 Å². The molecule has 2 rings (SSSR count). The molecule has 0 unspecified atom stereocenters. The number of ether oxygens (including phenoxy) is 1. The van der Waals surface area contributed by atoms with Gasteiger partial charge < -0.3 is 15.0 Å². The molecular formula is C16H25ClN2O. The Morgan fingerprint density at radius 1 is 1.20 bits per heavy atom. The number of nitrogens with one attached hydrogen (secondary N) is 1. The number of halogens is 1. The first kappa shape index (κ1) is 15.6. The molecule has 1 fully saturated rings. The Balaban J connectivity index is 2.35. The molecule has 4 heteroatoms. The fraction of sp³-hybridized carbons (Fsp3) is 0.625. The average Bonchev–Trinajstić information content (AvgIpc) is 2.25. The van der Waals surface area contributed by atoms with E-state index in [0.29, 0.717) is 0 Å². The van der Waals surface area contributed by atoms with Gasteiger partial charge in [0.25, 0.3) is 0 Å². The standard InChI is InChI=1S/C16H25ClN2O/c1-15(2)10-19(11-16(3,4)20-15)14-7-6-13(17)8-12(14)9-18-5/h6-8,18H,9-11H2,1-5H3. The lowest BCUT2D eigenvalue weighted by atomic mass is 9.97. The van der Waals surface area contributed by atoms with Crippen molar-refractivity contribution in [2.75, 3.05) is 25.0 Å². The van der Waals surface area contributed by atoms with Crippen molar-refractivity contribution in [2.45, 2.75) is 45.4 Å². The number of anilines is 1. The molecule has 1 aromatic rings. The summed E-state index contributed by atoms with van der Waals surface area (Å²) in [5.41, 5.74) is 2.16.